The fourth-order valence-corrected chi connectivity index (χ4v) is 3.93. The van der Waals surface area contributed by atoms with E-state index < -0.39 is 0 Å². The first-order valence-electron chi connectivity index (χ1n) is 8.99. The number of hydrogen-bond acceptors (Lipinski definition) is 4. The SMILES string of the molecule is Br.O=C1CN(C(Cc2ccc(Br)nc2)c2cnc[nH]2)CCN1c1cccc(Cl)c1. The molecule has 4 rings (SSSR count). The van der Waals surface area contributed by atoms with E-state index >= 15 is 0 Å². The predicted molar refractivity (Wildman–Crippen MR) is 123 cm³/mol. The van der Waals surface area contributed by atoms with Crippen molar-refractivity contribution in [2.24, 2.45) is 0 Å². The molecule has 0 radical (unpaired) electrons. The van der Waals surface area contributed by atoms with E-state index in [9.17, 15) is 4.79 Å². The standard InChI is InChI=1S/C20H19BrClN5O.BrH/c21-19-5-4-14(10-24-19)8-18(17-11-23-13-25-17)26-6-7-27(20(28)12-26)16-3-1-2-15(22)9-16;/h1-5,9-11,13,18H,6-8,12H2,(H,23,25);1H. The lowest BCUT2D eigenvalue weighted by Gasteiger charge is -2.38. The van der Waals surface area contributed by atoms with Gasteiger partial charge in [0, 0.05) is 36.2 Å². The average Bonchev–Trinajstić information content (AvgIpc) is 3.22. The van der Waals surface area contributed by atoms with E-state index in [0.717, 1.165) is 34.5 Å². The van der Waals surface area contributed by atoms with E-state index in [-0.39, 0.29) is 28.9 Å². The van der Waals surface area contributed by atoms with Crippen LogP contribution in [-0.4, -0.2) is 45.4 Å². The third-order valence-electron chi connectivity index (χ3n) is 4.91. The number of piperazine rings is 1. The number of benzene rings is 1. The van der Waals surface area contributed by atoms with Crippen molar-refractivity contribution in [1.29, 1.82) is 0 Å². The van der Waals surface area contributed by atoms with Crippen molar-refractivity contribution in [1.82, 2.24) is 19.9 Å². The number of halogens is 3. The number of rotatable bonds is 5. The van der Waals surface area contributed by atoms with Crippen molar-refractivity contribution in [3.05, 3.63) is 76.0 Å². The average molecular weight is 542 g/mol. The van der Waals surface area contributed by atoms with Gasteiger partial charge < -0.3 is 9.88 Å². The lowest BCUT2D eigenvalue weighted by atomic mass is 10.0. The Balaban J connectivity index is 0.00000240. The van der Waals surface area contributed by atoms with Crippen LogP contribution in [-0.2, 0) is 11.2 Å². The number of carbonyl (C=O) groups is 1. The number of H-pyrrole nitrogens is 1. The molecule has 3 heterocycles. The van der Waals surface area contributed by atoms with Crippen LogP contribution in [0.2, 0.25) is 5.02 Å². The molecule has 1 saturated heterocycles. The first kappa shape index (κ1) is 22.0. The third kappa shape index (κ3) is 5.25. The number of imidazole rings is 1. The number of carbonyl (C=O) groups excluding carboxylic acids is 1. The predicted octanol–water partition coefficient (Wildman–Crippen LogP) is 4.43. The summed E-state index contributed by atoms with van der Waals surface area (Å²) in [5.74, 6) is 0.0620. The van der Waals surface area contributed by atoms with Gasteiger partial charge in [0.25, 0.3) is 0 Å². The molecular weight excluding hydrogens is 522 g/mol. The molecular formula is C20H20Br2ClN5O. The number of nitrogens with one attached hydrogen (secondary N) is 1. The van der Waals surface area contributed by atoms with Gasteiger partial charge in [-0.2, -0.15) is 0 Å². The second kappa shape index (κ2) is 9.84. The molecule has 2 aromatic heterocycles. The summed E-state index contributed by atoms with van der Waals surface area (Å²) in [5, 5.41) is 0.630. The zero-order chi connectivity index (χ0) is 19.5. The van der Waals surface area contributed by atoms with E-state index in [0.29, 0.717) is 18.1 Å². The molecule has 152 valence electrons. The Morgan fingerprint density at radius 1 is 1.21 bits per heavy atom. The summed E-state index contributed by atoms with van der Waals surface area (Å²) in [6, 6.07) is 11.4. The van der Waals surface area contributed by atoms with Gasteiger partial charge in [0.1, 0.15) is 4.60 Å². The minimum atomic E-state index is 0. The maximum atomic E-state index is 12.9. The molecule has 29 heavy (non-hydrogen) atoms. The zero-order valence-corrected chi connectivity index (χ0v) is 19.5. The molecule has 1 unspecified atom stereocenters. The Morgan fingerprint density at radius 3 is 2.72 bits per heavy atom. The lowest BCUT2D eigenvalue weighted by molar-refractivity contribution is -0.122. The number of aromatic nitrogens is 3. The van der Waals surface area contributed by atoms with E-state index in [1.807, 2.05) is 48.8 Å². The monoisotopic (exact) mass is 539 g/mol. The Hall–Kier alpha value is -1.74. The van der Waals surface area contributed by atoms with Gasteiger partial charge in [-0.15, -0.1) is 17.0 Å². The second-order valence-electron chi connectivity index (χ2n) is 6.71. The Labute approximate surface area is 193 Å². The van der Waals surface area contributed by atoms with Crippen LogP contribution < -0.4 is 4.90 Å². The summed E-state index contributed by atoms with van der Waals surface area (Å²) in [5.41, 5.74) is 2.94. The molecule has 6 nitrogen and oxygen atoms in total. The summed E-state index contributed by atoms with van der Waals surface area (Å²) in [6.07, 6.45) is 6.10. The van der Waals surface area contributed by atoms with E-state index in [1.165, 1.54) is 0 Å². The van der Waals surface area contributed by atoms with Crippen molar-refractivity contribution >= 4 is 56.1 Å². The number of amides is 1. The fourth-order valence-electron chi connectivity index (χ4n) is 3.51. The van der Waals surface area contributed by atoms with Crippen LogP contribution >= 0.6 is 44.5 Å². The highest BCUT2D eigenvalue weighted by Gasteiger charge is 2.31. The summed E-state index contributed by atoms with van der Waals surface area (Å²) < 4.78 is 0.805. The largest absolute Gasteiger partial charge is 0.347 e. The van der Waals surface area contributed by atoms with Crippen LogP contribution in [0, 0.1) is 0 Å². The smallest absolute Gasteiger partial charge is 0.241 e. The van der Waals surface area contributed by atoms with Gasteiger partial charge in [0.2, 0.25) is 5.91 Å². The molecule has 0 spiro atoms. The van der Waals surface area contributed by atoms with Crippen molar-refractivity contribution in [2.45, 2.75) is 12.5 Å². The highest BCUT2D eigenvalue weighted by atomic mass is 79.9. The molecule has 9 heteroatoms. The van der Waals surface area contributed by atoms with E-state index in [4.69, 9.17) is 11.6 Å². The highest BCUT2D eigenvalue weighted by Crippen LogP contribution is 2.28. The van der Waals surface area contributed by atoms with E-state index in [2.05, 4.69) is 35.8 Å². The number of hydrogen-bond donors (Lipinski definition) is 1. The molecule has 1 fully saturated rings. The number of nitrogens with zero attached hydrogens (tertiary/aromatic N) is 4. The van der Waals surface area contributed by atoms with Crippen LogP contribution in [0.25, 0.3) is 0 Å². The Kier molecular flexibility index (Phi) is 7.45. The van der Waals surface area contributed by atoms with Crippen LogP contribution in [0.4, 0.5) is 5.69 Å². The van der Waals surface area contributed by atoms with Crippen LogP contribution in [0.15, 0.2) is 59.7 Å². The topological polar surface area (TPSA) is 65.1 Å². The van der Waals surface area contributed by atoms with Crippen LogP contribution in [0.1, 0.15) is 17.3 Å². The molecule has 0 saturated carbocycles. The fraction of sp³-hybridized carbons (Fsp3) is 0.250. The van der Waals surface area contributed by atoms with E-state index in [1.54, 1.807) is 11.2 Å². The van der Waals surface area contributed by atoms with Crippen LogP contribution in [0.5, 0.6) is 0 Å². The molecule has 1 aromatic carbocycles. The number of pyridine rings is 1. The van der Waals surface area contributed by atoms with Crippen molar-refractivity contribution in [3.63, 3.8) is 0 Å². The first-order chi connectivity index (χ1) is 13.6. The number of anilines is 1. The van der Waals surface area contributed by atoms with Crippen molar-refractivity contribution < 1.29 is 4.79 Å². The maximum absolute atomic E-state index is 12.9. The van der Waals surface area contributed by atoms with Gasteiger partial charge in [0.05, 0.1) is 24.6 Å². The zero-order valence-electron chi connectivity index (χ0n) is 15.5. The third-order valence-corrected chi connectivity index (χ3v) is 5.61. The number of aromatic amines is 1. The van der Waals surface area contributed by atoms with Crippen molar-refractivity contribution in [2.75, 3.05) is 24.5 Å². The second-order valence-corrected chi connectivity index (χ2v) is 7.96. The normalized spacial score (nSPS) is 15.8. The molecule has 1 aliphatic heterocycles. The molecule has 1 aliphatic rings. The molecule has 1 amide bonds. The lowest BCUT2D eigenvalue weighted by Crippen LogP contribution is -2.51. The summed E-state index contributed by atoms with van der Waals surface area (Å²) in [6.45, 7) is 1.70. The minimum Gasteiger partial charge on any atom is -0.347 e. The van der Waals surface area contributed by atoms with Gasteiger partial charge in [0.15, 0.2) is 0 Å². The van der Waals surface area contributed by atoms with Crippen molar-refractivity contribution in [3.8, 4) is 0 Å². The van der Waals surface area contributed by atoms with Crippen LogP contribution in [0.3, 0.4) is 0 Å². The highest BCUT2D eigenvalue weighted by molar-refractivity contribution is 9.10. The Morgan fingerprint density at radius 2 is 2.07 bits per heavy atom. The van der Waals surface area contributed by atoms with Gasteiger partial charge in [-0.05, 0) is 52.2 Å². The molecule has 3 aromatic rings. The van der Waals surface area contributed by atoms with Gasteiger partial charge in [-0.1, -0.05) is 23.7 Å². The summed E-state index contributed by atoms with van der Waals surface area (Å²) in [4.78, 5) is 28.6. The molecule has 0 aliphatic carbocycles. The quantitative estimate of drug-likeness (QED) is 0.486. The summed E-state index contributed by atoms with van der Waals surface area (Å²) in [7, 11) is 0. The molecule has 0 bridgehead atoms. The molecule has 1 atom stereocenters. The Bertz CT molecular complexity index is 952. The van der Waals surface area contributed by atoms with Gasteiger partial charge in [-0.3, -0.25) is 9.69 Å². The van der Waals surface area contributed by atoms with Gasteiger partial charge >= 0.3 is 0 Å². The maximum Gasteiger partial charge on any atom is 0.241 e. The first-order valence-corrected chi connectivity index (χ1v) is 10.2. The summed E-state index contributed by atoms with van der Waals surface area (Å²) >= 11 is 9.46. The van der Waals surface area contributed by atoms with Gasteiger partial charge in [-0.25, -0.2) is 9.97 Å². The molecule has 1 N–H and O–H groups in total. The minimum absolute atomic E-state index is 0.